The molecule has 0 spiro atoms. The molecule has 2 amide bonds. The van der Waals surface area contributed by atoms with Gasteiger partial charge >= 0.3 is 0 Å². The zero-order chi connectivity index (χ0) is 24.1. The highest BCUT2D eigenvalue weighted by Crippen LogP contribution is 2.33. The molecular formula is C23H28F2N4O3. The summed E-state index contributed by atoms with van der Waals surface area (Å²) < 4.78 is 32.4. The Kier molecular flexibility index (Phi) is 8.02. The van der Waals surface area contributed by atoms with Crippen molar-refractivity contribution in [1.82, 2.24) is 15.3 Å². The Balaban J connectivity index is 2.04. The fourth-order valence-electron chi connectivity index (χ4n) is 2.79. The molecule has 172 valence electrons. The van der Waals surface area contributed by atoms with E-state index in [1.807, 2.05) is 0 Å². The second kappa shape index (κ2) is 10.3. The summed E-state index contributed by atoms with van der Waals surface area (Å²) in [6.45, 7) is 11.4. The molecule has 2 rings (SSSR count). The molecule has 0 saturated carbocycles. The van der Waals surface area contributed by atoms with Crippen molar-refractivity contribution in [2.45, 2.75) is 47.6 Å². The van der Waals surface area contributed by atoms with Crippen molar-refractivity contribution < 1.29 is 23.1 Å². The van der Waals surface area contributed by atoms with Gasteiger partial charge in [-0.2, -0.15) is 0 Å². The average Bonchev–Trinajstić information content (AvgIpc) is 2.69. The van der Waals surface area contributed by atoms with Crippen LogP contribution in [0.3, 0.4) is 0 Å². The van der Waals surface area contributed by atoms with Gasteiger partial charge in [-0.05, 0) is 51.5 Å². The normalized spacial score (nSPS) is 12.8. The van der Waals surface area contributed by atoms with E-state index in [4.69, 9.17) is 4.74 Å². The number of rotatable bonds is 9. The predicted octanol–water partition coefficient (Wildman–Crippen LogP) is 4.21. The third kappa shape index (κ3) is 6.32. The molecule has 0 aliphatic carbocycles. The SMILES string of the molecule is C=C(C)C(C)(COc1ncc(CNC(=O)c2cc(C)nc(NC(C)=O)c2)cc1C)C(F)F. The first-order valence-corrected chi connectivity index (χ1v) is 9.99. The fraction of sp³-hybridized carbons (Fsp3) is 0.391. The van der Waals surface area contributed by atoms with E-state index in [-0.39, 0.29) is 30.8 Å². The molecule has 2 heterocycles. The van der Waals surface area contributed by atoms with Crippen molar-refractivity contribution in [3.8, 4) is 5.88 Å². The number of hydrogen-bond donors (Lipinski definition) is 2. The maximum Gasteiger partial charge on any atom is 0.251 e. The van der Waals surface area contributed by atoms with Gasteiger partial charge < -0.3 is 15.4 Å². The van der Waals surface area contributed by atoms with Gasteiger partial charge in [0.2, 0.25) is 11.8 Å². The number of nitrogens with one attached hydrogen (secondary N) is 2. The van der Waals surface area contributed by atoms with Crippen LogP contribution in [0.4, 0.5) is 14.6 Å². The van der Waals surface area contributed by atoms with Gasteiger partial charge in [0.25, 0.3) is 12.3 Å². The Labute approximate surface area is 186 Å². The van der Waals surface area contributed by atoms with E-state index in [0.29, 0.717) is 33.8 Å². The number of aryl methyl sites for hydroxylation is 2. The number of carbonyl (C=O) groups excluding carboxylic acids is 2. The summed E-state index contributed by atoms with van der Waals surface area (Å²) in [5.74, 6) is -0.0743. The first-order chi connectivity index (χ1) is 14.9. The standard InChI is InChI=1S/C23H28F2N4O3/c1-13(2)23(6,22(24)25)12-32-21-14(3)7-17(11-27-21)10-26-20(31)18-8-15(4)28-19(9-18)29-16(5)30/h7-9,11,22H,1,10,12H2,2-6H3,(H,26,31)(H,28,29,30). The van der Waals surface area contributed by atoms with Crippen LogP contribution in [-0.4, -0.2) is 34.8 Å². The number of aromatic nitrogens is 2. The number of alkyl halides is 2. The molecule has 32 heavy (non-hydrogen) atoms. The van der Waals surface area contributed by atoms with E-state index >= 15 is 0 Å². The van der Waals surface area contributed by atoms with Gasteiger partial charge in [-0.15, -0.1) is 0 Å². The first-order valence-electron chi connectivity index (χ1n) is 9.99. The lowest BCUT2D eigenvalue weighted by Gasteiger charge is -2.29. The largest absolute Gasteiger partial charge is 0.476 e. The maximum atomic E-state index is 13.4. The molecule has 1 atom stereocenters. The number of amides is 2. The summed E-state index contributed by atoms with van der Waals surface area (Å²) >= 11 is 0. The Morgan fingerprint density at radius 2 is 1.91 bits per heavy atom. The van der Waals surface area contributed by atoms with Crippen LogP contribution in [0.5, 0.6) is 5.88 Å². The van der Waals surface area contributed by atoms with Crippen LogP contribution in [-0.2, 0) is 11.3 Å². The molecule has 0 bridgehead atoms. The summed E-state index contributed by atoms with van der Waals surface area (Å²) in [6, 6.07) is 4.87. The van der Waals surface area contributed by atoms with Gasteiger partial charge in [-0.25, -0.2) is 18.7 Å². The number of ether oxygens (including phenoxy) is 1. The smallest absolute Gasteiger partial charge is 0.251 e. The monoisotopic (exact) mass is 446 g/mol. The van der Waals surface area contributed by atoms with Crippen LogP contribution in [0.25, 0.3) is 0 Å². The minimum Gasteiger partial charge on any atom is -0.476 e. The summed E-state index contributed by atoms with van der Waals surface area (Å²) in [4.78, 5) is 32.1. The molecule has 7 nitrogen and oxygen atoms in total. The zero-order valence-electron chi connectivity index (χ0n) is 18.9. The van der Waals surface area contributed by atoms with Crippen molar-refractivity contribution >= 4 is 17.6 Å². The van der Waals surface area contributed by atoms with Crippen LogP contribution in [0.15, 0.2) is 36.5 Å². The Bertz CT molecular complexity index is 1030. The summed E-state index contributed by atoms with van der Waals surface area (Å²) in [6.07, 6.45) is -1.10. The molecule has 0 aromatic carbocycles. The number of pyridine rings is 2. The Morgan fingerprint density at radius 3 is 2.47 bits per heavy atom. The lowest BCUT2D eigenvalue weighted by Crippen LogP contribution is -2.34. The molecular weight excluding hydrogens is 418 g/mol. The van der Waals surface area contributed by atoms with Gasteiger partial charge in [0, 0.05) is 36.5 Å². The molecule has 1 unspecified atom stereocenters. The van der Waals surface area contributed by atoms with Crippen molar-refractivity contribution in [3.05, 3.63) is 58.9 Å². The highest BCUT2D eigenvalue weighted by atomic mass is 19.3. The molecule has 0 radical (unpaired) electrons. The summed E-state index contributed by atoms with van der Waals surface area (Å²) in [5, 5.41) is 5.34. The fourth-order valence-corrected chi connectivity index (χ4v) is 2.79. The van der Waals surface area contributed by atoms with Crippen molar-refractivity contribution in [3.63, 3.8) is 0 Å². The van der Waals surface area contributed by atoms with Gasteiger partial charge in [0.15, 0.2) is 0 Å². The van der Waals surface area contributed by atoms with Crippen molar-refractivity contribution in [1.29, 1.82) is 0 Å². The second-order valence-electron chi connectivity index (χ2n) is 8.00. The lowest BCUT2D eigenvalue weighted by molar-refractivity contribution is -0.114. The van der Waals surface area contributed by atoms with E-state index in [1.165, 1.54) is 26.1 Å². The molecule has 2 N–H and O–H groups in total. The van der Waals surface area contributed by atoms with Crippen molar-refractivity contribution in [2.75, 3.05) is 11.9 Å². The van der Waals surface area contributed by atoms with Gasteiger partial charge in [-0.1, -0.05) is 12.2 Å². The predicted molar refractivity (Wildman–Crippen MR) is 118 cm³/mol. The Hall–Kier alpha value is -3.36. The summed E-state index contributed by atoms with van der Waals surface area (Å²) in [5.41, 5.74) is 1.18. The number of halogens is 2. The second-order valence-corrected chi connectivity index (χ2v) is 8.00. The van der Waals surface area contributed by atoms with E-state index in [0.717, 1.165) is 0 Å². The topological polar surface area (TPSA) is 93.2 Å². The number of anilines is 1. The molecule has 2 aromatic heterocycles. The molecule has 0 saturated heterocycles. The first kappa shape index (κ1) is 24.9. The summed E-state index contributed by atoms with van der Waals surface area (Å²) in [7, 11) is 0. The van der Waals surface area contributed by atoms with Crippen LogP contribution >= 0.6 is 0 Å². The number of nitrogens with zero attached hydrogens (tertiary/aromatic N) is 2. The van der Waals surface area contributed by atoms with E-state index in [1.54, 1.807) is 32.9 Å². The number of carbonyl (C=O) groups is 2. The van der Waals surface area contributed by atoms with Gasteiger partial charge in [0.1, 0.15) is 12.4 Å². The molecule has 0 aliphatic heterocycles. The van der Waals surface area contributed by atoms with Crippen LogP contribution in [0.2, 0.25) is 0 Å². The molecule has 0 aliphatic rings. The highest BCUT2D eigenvalue weighted by molar-refractivity contribution is 5.96. The minimum absolute atomic E-state index is 0.199. The van der Waals surface area contributed by atoms with E-state index in [2.05, 4.69) is 27.2 Å². The van der Waals surface area contributed by atoms with E-state index < -0.39 is 11.8 Å². The van der Waals surface area contributed by atoms with Crippen molar-refractivity contribution in [2.24, 2.45) is 5.41 Å². The lowest BCUT2D eigenvalue weighted by atomic mass is 9.85. The van der Waals surface area contributed by atoms with Crippen LogP contribution < -0.4 is 15.4 Å². The van der Waals surface area contributed by atoms with Crippen LogP contribution in [0.1, 0.15) is 48.0 Å². The Morgan fingerprint density at radius 1 is 1.22 bits per heavy atom. The average molecular weight is 446 g/mol. The quantitative estimate of drug-likeness (QED) is 0.563. The third-order valence-electron chi connectivity index (χ3n) is 5.02. The number of hydrogen-bond acceptors (Lipinski definition) is 5. The third-order valence-corrected chi connectivity index (χ3v) is 5.02. The molecule has 2 aromatic rings. The highest BCUT2D eigenvalue weighted by Gasteiger charge is 2.37. The van der Waals surface area contributed by atoms with Gasteiger partial charge in [-0.3, -0.25) is 9.59 Å². The molecule has 0 fully saturated rings. The van der Waals surface area contributed by atoms with E-state index in [9.17, 15) is 18.4 Å². The maximum absolute atomic E-state index is 13.4. The minimum atomic E-state index is -2.61. The zero-order valence-corrected chi connectivity index (χ0v) is 18.9. The molecule has 9 heteroatoms. The van der Waals surface area contributed by atoms with Crippen LogP contribution in [0, 0.1) is 19.3 Å². The van der Waals surface area contributed by atoms with Gasteiger partial charge in [0.05, 0.1) is 5.41 Å².